The van der Waals surface area contributed by atoms with Crippen molar-refractivity contribution in [1.82, 2.24) is 5.32 Å². The van der Waals surface area contributed by atoms with Gasteiger partial charge in [0.05, 0.1) is 13.2 Å². The number of hydrogen-bond donors (Lipinski definition) is 1. The molecule has 1 aromatic heterocycles. The first-order valence-corrected chi connectivity index (χ1v) is 9.18. The number of rotatable bonds is 6. The first-order chi connectivity index (χ1) is 13.7. The van der Waals surface area contributed by atoms with E-state index in [1.54, 1.807) is 19.2 Å². The second-order valence-corrected chi connectivity index (χ2v) is 6.59. The fourth-order valence-corrected chi connectivity index (χ4v) is 3.41. The maximum Gasteiger partial charge on any atom is 0.336 e. The molecule has 0 amide bonds. The van der Waals surface area contributed by atoms with Crippen LogP contribution in [0.3, 0.4) is 0 Å². The summed E-state index contributed by atoms with van der Waals surface area (Å²) in [5.41, 5.74) is 3.39. The molecule has 0 spiro atoms. The first-order valence-electron chi connectivity index (χ1n) is 9.18. The molecule has 0 aliphatic heterocycles. The highest BCUT2D eigenvalue weighted by Crippen LogP contribution is 2.25. The highest BCUT2D eigenvalue weighted by Gasteiger charge is 2.14. The number of ether oxygens (including phenoxy) is 1. The molecule has 0 radical (unpaired) electrons. The number of benzene rings is 3. The van der Waals surface area contributed by atoms with Gasteiger partial charge in [-0.25, -0.2) is 4.79 Å². The average Bonchev–Trinajstić information content (AvgIpc) is 2.74. The molecular weight excluding hydrogens is 350 g/mol. The second kappa shape index (κ2) is 8.11. The third kappa shape index (κ3) is 3.82. The van der Waals surface area contributed by atoms with E-state index in [0.29, 0.717) is 17.9 Å². The van der Waals surface area contributed by atoms with Crippen LogP contribution in [0.5, 0.6) is 5.75 Å². The van der Waals surface area contributed by atoms with Crippen molar-refractivity contribution in [2.45, 2.75) is 12.6 Å². The van der Waals surface area contributed by atoms with Crippen LogP contribution in [0.1, 0.15) is 22.7 Å². The predicted octanol–water partition coefficient (Wildman–Crippen LogP) is 4.68. The molecule has 0 bridgehead atoms. The van der Waals surface area contributed by atoms with E-state index in [0.717, 1.165) is 10.9 Å². The molecule has 0 aliphatic rings. The molecule has 0 saturated carbocycles. The standard InChI is InChI=1S/C24H21NO3/c1-27-20-12-13-21-19(14-23(26)28-22(21)15-20)16-25-24(17-8-4-2-5-9-17)18-10-6-3-7-11-18/h2-15,24-25H,16H2,1H3. The predicted molar refractivity (Wildman–Crippen MR) is 111 cm³/mol. The zero-order valence-electron chi connectivity index (χ0n) is 15.6. The van der Waals surface area contributed by atoms with Crippen LogP contribution in [0.4, 0.5) is 0 Å². The minimum absolute atomic E-state index is 0.0166. The summed E-state index contributed by atoms with van der Waals surface area (Å²) in [4.78, 5) is 12.1. The summed E-state index contributed by atoms with van der Waals surface area (Å²) in [6.07, 6.45) is 0. The van der Waals surface area contributed by atoms with Gasteiger partial charge in [0.25, 0.3) is 0 Å². The zero-order chi connectivity index (χ0) is 19.3. The highest BCUT2D eigenvalue weighted by atomic mass is 16.5. The van der Waals surface area contributed by atoms with Crippen LogP contribution >= 0.6 is 0 Å². The summed E-state index contributed by atoms with van der Waals surface area (Å²) < 4.78 is 10.6. The maximum absolute atomic E-state index is 12.1. The van der Waals surface area contributed by atoms with Gasteiger partial charge in [-0.3, -0.25) is 0 Å². The lowest BCUT2D eigenvalue weighted by atomic mass is 9.98. The van der Waals surface area contributed by atoms with Gasteiger partial charge in [-0.05, 0) is 28.8 Å². The molecule has 1 heterocycles. The van der Waals surface area contributed by atoms with Crippen molar-refractivity contribution in [2.75, 3.05) is 7.11 Å². The Kier molecular flexibility index (Phi) is 5.22. The lowest BCUT2D eigenvalue weighted by molar-refractivity contribution is 0.414. The topological polar surface area (TPSA) is 51.5 Å². The summed E-state index contributed by atoms with van der Waals surface area (Å²) in [5, 5.41) is 4.50. The molecule has 1 N–H and O–H groups in total. The molecule has 0 fully saturated rings. The van der Waals surface area contributed by atoms with Gasteiger partial charge in [-0.15, -0.1) is 0 Å². The molecule has 3 aromatic carbocycles. The average molecular weight is 371 g/mol. The van der Waals surface area contributed by atoms with Crippen molar-refractivity contribution in [3.05, 3.63) is 112 Å². The molecule has 4 rings (SSSR count). The summed E-state index contributed by atoms with van der Waals surface area (Å²) in [7, 11) is 1.59. The number of methoxy groups -OCH3 is 1. The van der Waals surface area contributed by atoms with Crippen LogP contribution in [0.2, 0.25) is 0 Å². The van der Waals surface area contributed by atoms with E-state index in [4.69, 9.17) is 9.15 Å². The van der Waals surface area contributed by atoms with Gasteiger partial charge in [0.15, 0.2) is 0 Å². The minimum atomic E-state index is -0.367. The monoisotopic (exact) mass is 371 g/mol. The smallest absolute Gasteiger partial charge is 0.336 e. The summed E-state index contributed by atoms with van der Waals surface area (Å²) in [6, 6.07) is 27.7. The Morgan fingerprint density at radius 2 is 1.54 bits per heavy atom. The van der Waals surface area contributed by atoms with E-state index in [2.05, 4.69) is 29.6 Å². The summed E-state index contributed by atoms with van der Waals surface area (Å²) in [5.74, 6) is 0.659. The van der Waals surface area contributed by atoms with E-state index in [9.17, 15) is 4.79 Å². The largest absolute Gasteiger partial charge is 0.497 e. The van der Waals surface area contributed by atoms with E-state index >= 15 is 0 Å². The van der Waals surface area contributed by atoms with Crippen LogP contribution in [0.25, 0.3) is 11.0 Å². The zero-order valence-corrected chi connectivity index (χ0v) is 15.6. The number of hydrogen-bond acceptors (Lipinski definition) is 4. The van der Waals surface area contributed by atoms with Crippen molar-refractivity contribution in [2.24, 2.45) is 0 Å². The third-order valence-corrected chi connectivity index (χ3v) is 4.80. The van der Waals surface area contributed by atoms with Crippen molar-refractivity contribution in [3.8, 4) is 5.75 Å². The molecule has 4 nitrogen and oxygen atoms in total. The van der Waals surface area contributed by atoms with Crippen LogP contribution in [0.15, 0.2) is 94.1 Å². The van der Waals surface area contributed by atoms with Gasteiger partial charge in [0.2, 0.25) is 0 Å². The van der Waals surface area contributed by atoms with Crippen LogP contribution < -0.4 is 15.7 Å². The van der Waals surface area contributed by atoms with Gasteiger partial charge < -0.3 is 14.5 Å². The fourth-order valence-electron chi connectivity index (χ4n) is 3.41. The second-order valence-electron chi connectivity index (χ2n) is 6.59. The Morgan fingerprint density at radius 3 is 2.14 bits per heavy atom. The Morgan fingerprint density at radius 1 is 0.893 bits per heavy atom. The van der Waals surface area contributed by atoms with Crippen molar-refractivity contribution in [3.63, 3.8) is 0 Å². The van der Waals surface area contributed by atoms with Gasteiger partial charge in [-0.1, -0.05) is 60.7 Å². The van der Waals surface area contributed by atoms with Crippen molar-refractivity contribution >= 4 is 11.0 Å². The van der Waals surface area contributed by atoms with Gasteiger partial charge in [0, 0.05) is 24.1 Å². The van der Waals surface area contributed by atoms with Crippen molar-refractivity contribution in [1.29, 1.82) is 0 Å². The molecule has 4 aromatic rings. The molecule has 4 heteroatoms. The molecule has 28 heavy (non-hydrogen) atoms. The quantitative estimate of drug-likeness (QED) is 0.500. The maximum atomic E-state index is 12.1. The number of fused-ring (bicyclic) bond motifs is 1. The summed E-state index contributed by atoms with van der Waals surface area (Å²) >= 11 is 0. The summed E-state index contributed by atoms with van der Waals surface area (Å²) in [6.45, 7) is 0.531. The highest BCUT2D eigenvalue weighted by molar-refractivity contribution is 5.81. The molecular formula is C24H21NO3. The van der Waals surface area contributed by atoms with Gasteiger partial charge in [0.1, 0.15) is 11.3 Å². The first kappa shape index (κ1) is 18.0. The van der Waals surface area contributed by atoms with E-state index in [1.165, 1.54) is 11.1 Å². The Hall–Kier alpha value is -3.37. The molecule has 0 atom stereocenters. The fraction of sp³-hybridized carbons (Fsp3) is 0.125. The minimum Gasteiger partial charge on any atom is -0.497 e. The Balaban J connectivity index is 1.69. The van der Waals surface area contributed by atoms with E-state index in [1.807, 2.05) is 48.5 Å². The molecule has 0 unspecified atom stereocenters. The number of nitrogens with one attached hydrogen (secondary N) is 1. The molecule has 140 valence electrons. The SMILES string of the molecule is COc1ccc2c(CNC(c3ccccc3)c3ccccc3)cc(=O)oc2c1. The lowest BCUT2D eigenvalue weighted by Crippen LogP contribution is -2.22. The van der Waals surface area contributed by atoms with Crippen LogP contribution in [0, 0.1) is 0 Å². The van der Waals surface area contributed by atoms with Gasteiger partial charge in [-0.2, -0.15) is 0 Å². The van der Waals surface area contributed by atoms with Gasteiger partial charge >= 0.3 is 5.63 Å². The molecule has 0 saturated heterocycles. The van der Waals surface area contributed by atoms with E-state index < -0.39 is 0 Å². The normalized spacial score (nSPS) is 11.1. The lowest BCUT2D eigenvalue weighted by Gasteiger charge is -2.20. The van der Waals surface area contributed by atoms with Crippen LogP contribution in [-0.2, 0) is 6.54 Å². The Labute approximate surface area is 163 Å². The van der Waals surface area contributed by atoms with Crippen LogP contribution in [-0.4, -0.2) is 7.11 Å². The van der Waals surface area contributed by atoms with Crippen molar-refractivity contribution < 1.29 is 9.15 Å². The third-order valence-electron chi connectivity index (χ3n) is 4.80. The Bertz CT molecular complexity index is 1080. The van der Waals surface area contributed by atoms with E-state index in [-0.39, 0.29) is 11.7 Å². The molecule has 0 aliphatic carbocycles.